The van der Waals surface area contributed by atoms with Gasteiger partial charge in [-0.2, -0.15) is 0 Å². The van der Waals surface area contributed by atoms with Crippen molar-refractivity contribution in [2.24, 2.45) is 0 Å². The Balaban J connectivity index is 1.91. The molecule has 1 aromatic carbocycles. The molecule has 0 saturated carbocycles. The number of hydrogen-bond acceptors (Lipinski definition) is 3. The van der Waals surface area contributed by atoms with E-state index in [1.54, 1.807) is 12.1 Å². The Bertz CT molecular complexity index is 684. The Hall–Kier alpha value is -2.95. The van der Waals surface area contributed by atoms with Crippen molar-refractivity contribution in [3.63, 3.8) is 0 Å². The Kier molecular flexibility index (Phi) is 6.06. The first-order chi connectivity index (χ1) is 11.2. The average Bonchev–Trinajstić information content (AvgIpc) is 2.60. The molecule has 5 nitrogen and oxygen atoms in total. The maximum absolute atomic E-state index is 12.1. The molecule has 5 heteroatoms. The Morgan fingerprint density at radius 2 is 1.87 bits per heavy atom. The third-order valence-corrected chi connectivity index (χ3v) is 3.20. The number of nitrogens with zero attached hydrogens (tertiary/aromatic N) is 1. The molecule has 2 rings (SSSR count). The molecule has 0 fully saturated rings. The first-order valence-electron chi connectivity index (χ1n) is 7.38. The summed E-state index contributed by atoms with van der Waals surface area (Å²) in [4.78, 5) is 28.0. The summed E-state index contributed by atoms with van der Waals surface area (Å²) in [5.74, 6) is -0.551. The summed E-state index contributed by atoms with van der Waals surface area (Å²) >= 11 is 0. The number of nitrogens with one attached hydrogen (secondary N) is 2. The standard InChI is InChI=1S/C18H19N3O2/c1-2-10-20-17(22)15-9-12-19-16(13-15)18(23)21-11-8-14-6-4-3-5-7-14/h2-7,9,12-13H,1,8,10-11H2,(H,20,22)(H,21,23). The second-order valence-corrected chi connectivity index (χ2v) is 4.92. The Labute approximate surface area is 135 Å². The van der Waals surface area contributed by atoms with Crippen LogP contribution in [0.3, 0.4) is 0 Å². The highest BCUT2D eigenvalue weighted by Gasteiger charge is 2.11. The second kappa shape index (κ2) is 8.48. The van der Waals surface area contributed by atoms with Crippen LogP contribution in [-0.4, -0.2) is 29.9 Å². The van der Waals surface area contributed by atoms with Gasteiger partial charge in [0.25, 0.3) is 11.8 Å². The molecule has 0 saturated heterocycles. The van der Waals surface area contributed by atoms with E-state index < -0.39 is 0 Å². The van der Waals surface area contributed by atoms with Crippen molar-refractivity contribution >= 4 is 11.8 Å². The first-order valence-corrected chi connectivity index (χ1v) is 7.38. The Morgan fingerprint density at radius 1 is 1.09 bits per heavy atom. The van der Waals surface area contributed by atoms with E-state index in [0.29, 0.717) is 18.7 Å². The molecule has 0 aliphatic rings. The monoisotopic (exact) mass is 309 g/mol. The van der Waals surface area contributed by atoms with Crippen molar-refractivity contribution in [1.82, 2.24) is 15.6 Å². The molecule has 0 radical (unpaired) electrons. The molecular weight excluding hydrogens is 290 g/mol. The summed E-state index contributed by atoms with van der Waals surface area (Å²) in [6.45, 7) is 4.43. The van der Waals surface area contributed by atoms with E-state index in [4.69, 9.17) is 0 Å². The minimum atomic E-state index is -0.292. The van der Waals surface area contributed by atoms with Gasteiger partial charge in [0.1, 0.15) is 5.69 Å². The van der Waals surface area contributed by atoms with Crippen LogP contribution >= 0.6 is 0 Å². The maximum atomic E-state index is 12.1. The molecule has 0 atom stereocenters. The topological polar surface area (TPSA) is 71.1 Å². The lowest BCUT2D eigenvalue weighted by Crippen LogP contribution is -2.28. The highest BCUT2D eigenvalue weighted by atomic mass is 16.2. The third kappa shape index (κ3) is 5.07. The van der Waals surface area contributed by atoms with Crippen LogP contribution in [0.2, 0.25) is 0 Å². The lowest BCUT2D eigenvalue weighted by molar-refractivity contribution is 0.0949. The summed E-state index contributed by atoms with van der Waals surface area (Å²) in [6.07, 6.45) is 3.79. The van der Waals surface area contributed by atoms with Gasteiger partial charge in [0.05, 0.1) is 0 Å². The lowest BCUT2D eigenvalue weighted by atomic mass is 10.1. The van der Waals surface area contributed by atoms with Gasteiger partial charge in [0.15, 0.2) is 0 Å². The van der Waals surface area contributed by atoms with Gasteiger partial charge in [0.2, 0.25) is 0 Å². The van der Waals surface area contributed by atoms with Gasteiger partial charge in [-0.1, -0.05) is 36.4 Å². The maximum Gasteiger partial charge on any atom is 0.269 e. The van der Waals surface area contributed by atoms with Crippen molar-refractivity contribution in [2.75, 3.05) is 13.1 Å². The van der Waals surface area contributed by atoms with E-state index in [-0.39, 0.29) is 17.5 Å². The van der Waals surface area contributed by atoms with Crippen LogP contribution in [0.5, 0.6) is 0 Å². The molecule has 0 aliphatic heterocycles. The largest absolute Gasteiger partial charge is 0.350 e. The van der Waals surface area contributed by atoms with E-state index >= 15 is 0 Å². The molecule has 2 aromatic rings. The van der Waals surface area contributed by atoms with Gasteiger partial charge >= 0.3 is 0 Å². The highest BCUT2D eigenvalue weighted by molar-refractivity contribution is 5.98. The smallest absolute Gasteiger partial charge is 0.269 e. The number of pyridine rings is 1. The van der Waals surface area contributed by atoms with Crippen molar-refractivity contribution < 1.29 is 9.59 Å². The van der Waals surface area contributed by atoms with E-state index in [1.807, 2.05) is 30.3 Å². The number of rotatable bonds is 7. The highest BCUT2D eigenvalue weighted by Crippen LogP contribution is 2.03. The minimum Gasteiger partial charge on any atom is -0.350 e. The molecule has 0 unspecified atom stereocenters. The number of hydrogen-bond donors (Lipinski definition) is 2. The Morgan fingerprint density at radius 3 is 2.61 bits per heavy atom. The van der Waals surface area contributed by atoms with Crippen LogP contribution in [0, 0.1) is 0 Å². The number of amides is 2. The number of carbonyl (C=O) groups excluding carboxylic acids is 2. The molecule has 0 aliphatic carbocycles. The van der Waals surface area contributed by atoms with Gasteiger partial charge in [-0.15, -0.1) is 6.58 Å². The van der Waals surface area contributed by atoms with Crippen LogP contribution in [-0.2, 0) is 6.42 Å². The summed E-state index contributed by atoms with van der Waals surface area (Å²) in [5.41, 5.74) is 1.78. The fourth-order valence-corrected chi connectivity index (χ4v) is 2.02. The van der Waals surface area contributed by atoms with Crippen molar-refractivity contribution in [2.45, 2.75) is 6.42 Å². The fourth-order valence-electron chi connectivity index (χ4n) is 2.02. The van der Waals surface area contributed by atoms with Crippen LogP contribution in [0.25, 0.3) is 0 Å². The van der Waals surface area contributed by atoms with Crippen molar-refractivity contribution in [3.05, 3.63) is 78.1 Å². The average molecular weight is 309 g/mol. The third-order valence-electron chi connectivity index (χ3n) is 3.20. The summed E-state index contributed by atoms with van der Waals surface area (Å²) < 4.78 is 0. The minimum absolute atomic E-state index is 0.226. The molecule has 23 heavy (non-hydrogen) atoms. The quantitative estimate of drug-likeness (QED) is 0.768. The van der Waals surface area contributed by atoms with Crippen LogP contribution in [0.15, 0.2) is 61.3 Å². The summed E-state index contributed by atoms with van der Waals surface area (Å²) in [7, 11) is 0. The molecule has 1 aromatic heterocycles. The van der Waals surface area contributed by atoms with Gasteiger partial charge in [-0.3, -0.25) is 14.6 Å². The van der Waals surface area contributed by atoms with Crippen LogP contribution in [0.1, 0.15) is 26.4 Å². The molecular formula is C18H19N3O2. The zero-order chi connectivity index (χ0) is 16.5. The summed E-state index contributed by atoms with van der Waals surface area (Å²) in [6, 6.07) is 12.9. The van der Waals surface area contributed by atoms with Gasteiger partial charge in [-0.05, 0) is 24.1 Å². The molecule has 2 N–H and O–H groups in total. The molecule has 0 spiro atoms. The SMILES string of the molecule is C=CCNC(=O)c1ccnc(C(=O)NCCc2ccccc2)c1. The lowest BCUT2D eigenvalue weighted by Gasteiger charge is -2.07. The van der Waals surface area contributed by atoms with Crippen molar-refractivity contribution in [1.29, 1.82) is 0 Å². The van der Waals surface area contributed by atoms with E-state index in [0.717, 1.165) is 12.0 Å². The predicted molar refractivity (Wildman–Crippen MR) is 89.2 cm³/mol. The molecule has 2 amide bonds. The predicted octanol–water partition coefficient (Wildman–Crippen LogP) is 1.97. The van der Waals surface area contributed by atoms with Crippen LogP contribution < -0.4 is 10.6 Å². The van der Waals surface area contributed by atoms with Crippen LogP contribution in [0.4, 0.5) is 0 Å². The number of aromatic nitrogens is 1. The molecule has 1 heterocycles. The fraction of sp³-hybridized carbons (Fsp3) is 0.167. The zero-order valence-corrected chi connectivity index (χ0v) is 12.8. The number of benzene rings is 1. The molecule has 0 bridgehead atoms. The van der Waals surface area contributed by atoms with E-state index in [1.165, 1.54) is 12.3 Å². The summed E-state index contributed by atoms with van der Waals surface area (Å²) in [5, 5.41) is 5.47. The number of carbonyl (C=O) groups is 2. The zero-order valence-electron chi connectivity index (χ0n) is 12.8. The van der Waals surface area contributed by atoms with E-state index in [9.17, 15) is 9.59 Å². The normalized spacial score (nSPS) is 9.91. The van der Waals surface area contributed by atoms with Gasteiger partial charge in [0, 0.05) is 24.8 Å². The van der Waals surface area contributed by atoms with Gasteiger partial charge < -0.3 is 10.6 Å². The van der Waals surface area contributed by atoms with E-state index in [2.05, 4.69) is 22.2 Å². The van der Waals surface area contributed by atoms with Crippen molar-refractivity contribution in [3.8, 4) is 0 Å². The first kappa shape index (κ1) is 16.4. The molecule has 118 valence electrons. The van der Waals surface area contributed by atoms with Gasteiger partial charge in [-0.25, -0.2) is 0 Å². The second-order valence-electron chi connectivity index (χ2n) is 4.92.